The third-order valence-electron chi connectivity index (χ3n) is 3.25. The van der Waals surface area contributed by atoms with Gasteiger partial charge in [0.2, 0.25) is 0 Å². The lowest BCUT2D eigenvalue weighted by molar-refractivity contribution is -0.126. The van der Waals surface area contributed by atoms with Crippen molar-refractivity contribution in [3.05, 3.63) is 33.8 Å². The topological polar surface area (TPSA) is 43.1 Å². The second-order valence-electron chi connectivity index (χ2n) is 4.47. The second kappa shape index (κ2) is 5.85. The normalized spacial score (nSPS) is 14.4. The van der Waals surface area contributed by atoms with Crippen molar-refractivity contribution in [2.45, 2.75) is 26.7 Å². The van der Waals surface area contributed by atoms with Crippen LogP contribution in [-0.4, -0.2) is 12.3 Å². The Labute approximate surface area is 112 Å². The third-order valence-corrected chi connectivity index (χ3v) is 3.99. The number of rotatable bonds is 5. The lowest BCUT2D eigenvalue weighted by Crippen LogP contribution is -2.36. The molecule has 94 valence electrons. The molecular weight excluding hydrogens is 257 g/mol. The first-order valence-electron chi connectivity index (χ1n) is 5.60. The Hall–Kier alpha value is -0.570. The van der Waals surface area contributed by atoms with Crippen molar-refractivity contribution >= 4 is 29.0 Å². The highest BCUT2D eigenvalue weighted by Gasteiger charge is 2.29. The highest BCUT2D eigenvalue weighted by molar-refractivity contribution is 6.42. The van der Waals surface area contributed by atoms with Crippen LogP contribution >= 0.6 is 23.2 Å². The molecule has 0 saturated carbocycles. The lowest BCUT2D eigenvalue weighted by Gasteiger charge is -2.24. The predicted molar refractivity (Wildman–Crippen MR) is 72.6 cm³/mol. The van der Waals surface area contributed by atoms with E-state index in [0.29, 0.717) is 23.0 Å². The first-order chi connectivity index (χ1) is 7.92. The summed E-state index contributed by atoms with van der Waals surface area (Å²) >= 11 is 11.7. The number of hydrogen-bond donors (Lipinski definition) is 1. The maximum atomic E-state index is 12.1. The van der Waals surface area contributed by atoms with Crippen molar-refractivity contribution in [3.63, 3.8) is 0 Å². The van der Waals surface area contributed by atoms with Crippen LogP contribution in [0.1, 0.15) is 25.8 Å². The maximum Gasteiger partial charge on any atom is 0.144 e. The highest BCUT2D eigenvalue weighted by Crippen LogP contribution is 2.26. The zero-order valence-corrected chi connectivity index (χ0v) is 11.6. The first-order valence-corrected chi connectivity index (χ1v) is 6.36. The van der Waals surface area contributed by atoms with Gasteiger partial charge < -0.3 is 5.73 Å². The van der Waals surface area contributed by atoms with E-state index in [2.05, 4.69) is 0 Å². The molecule has 0 spiro atoms. The molecule has 4 heteroatoms. The molecule has 0 aromatic heterocycles. The van der Waals surface area contributed by atoms with E-state index in [1.165, 1.54) is 0 Å². The fraction of sp³-hybridized carbons (Fsp3) is 0.462. The number of carbonyl (C=O) groups excluding carboxylic acids is 1. The Morgan fingerprint density at radius 2 is 2.00 bits per heavy atom. The van der Waals surface area contributed by atoms with Crippen molar-refractivity contribution in [2.75, 3.05) is 6.54 Å². The van der Waals surface area contributed by atoms with Crippen molar-refractivity contribution in [1.29, 1.82) is 0 Å². The number of nitrogens with two attached hydrogens (primary N) is 1. The van der Waals surface area contributed by atoms with Crippen LogP contribution in [0.4, 0.5) is 0 Å². The maximum absolute atomic E-state index is 12.1. The van der Waals surface area contributed by atoms with Gasteiger partial charge in [-0.1, -0.05) is 43.1 Å². The summed E-state index contributed by atoms with van der Waals surface area (Å²) in [7, 11) is 0. The molecule has 2 nitrogen and oxygen atoms in total. The van der Waals surface area contributed by atoms with Gasteiger partial charge >= 0.3 is 0 Å². The standard InChI is InChI=1S/C13H17Cl2NO/c1-3-13(2,8-16)12(17)7-9-4-5-10(14)11(15)6-9/h4-6H,3,7-8,16H2,1-2H3. The minimum absolute atomic E-state index is 0.140. The quantitative estimate of drug-likeness (QED) is 0.893. The molecule has 0 heterocycles. The Morgan fingerprint density at radius 3 is 2.47 bits per heavy atom. The average molecular weight is 274 g/mol. The molecule has 1 atom stereocenters. The fourth-order valence-electron chi connectivity index (χ4n) is 1.50. The van der Waals surface area contributed by atoms with E-state index in [4.69, 9.17) is 28.9 Å². The fourth-order valence-corrected chi connectivity index (χ4v) is 1.82. The molecule has 1 aromatic carbocycles. The SMILES string of the molecule is CCC(C)(CN)C(=O)Cc1ccc(Cl)c(Cl)c1. The van der Waals surface area contributed by atoms with Gasteiger partial charge in [-0.25, -0.2) is 0 Å². The summed E-state index contributed by atoms with van der Waals surface area (Å²) < 4.78 is 0. The van der Waals surface area contributed by atoms with Crippen molar-refractivity contribution in [3.8, 4) is 0 Å². The first kappa shape index (κ1) is 14.5. The van der Waals surface area contributed by atoms with Gasteiger partial charge in [0.05, 0.1) is 10.0 Å². The van der Waals surface area contributed by atoms with Gasteiger partial charge in [0, 0.05) is 18.4 Å². The molecule has 0 amide bonds. The summed E-state index contributed by atoms with van der Waals surface area (Å²) in [6.07, 6.45) is 1.09. The molecule has 1 unspecified atom stereocenters. The van der Waals surface area contributed by atoms with Crippen LogP contribution in [-0.2, 0) is 11.2 Å². The van der Waals surface area contributed by atoms with E-state index in [0.717, 1.165) is 12.0 Å². The largest absolute Gasteiger partial charge is 0.329 e. The van der Waals surface area contributed by atoms with Gasteiger partial charge in [-0.3, -0.25) is 4.79 Å². The number of benzene rings is 1. The summed E-state index contributed by atoms with van der Waals surface area (Å²) in [5.41, 5.74) is 6.08. The summed E-state index contributed by atoms with van der Waals surface area (Å²) in [5, 5.41) is 0.975. The molecule has 0 radical (unpaired) electrons. The molecular formula is C13H17Cl2NO. The zero-order chi connectivity index (χ0) is 13.1. The van der Waals surface area contributed by atoms with Gasteiger partial charge in [0.15, 0.2) is 0 Å². The summed E-state index contributed by atoms with van der Waals surface area (Å²) in [6.45, 7) is 4.23. The van der Waals surface area contributed by atoms with Gasteiger partial charge in [-0.2, -0.15) is 0 Å². The van der Waals surface area contributed by atoms with Crippen LogP contribution in [0.3, 0.4) is 0 Å². The molecule has 2 N–H and O–H groups in total. The Bertz CT molecular complexity index is 414. The van der Waals surface area contributed by atoms with E-state index in [1.54, 1.807) is 12.1 Å². The number of ketones is 1. The number of halogens is 2. The average Bonchev–Trinajstić information content (AvgIpc) is 2.32. The van der Waals surface area contributed by atoms with Gasteiger partial charge in [-0.05, 0) is 24.1 Å². The molecule has 1 rings (SSSR count). The van der Waals surface area contributed by atoms with Gasteiger partial charge in [0.1, 0.15) is 5.78 Å². The van der Waals surface area contributed by atoms with Gasteiger partial charge in [0.25, 0.3) is 0 Å². The summed E-state index contributed by atoms with van der Waals surface area (Å²) in [4.78, 5) is 12.1. The van der Waals surface area contributed by atoms with Crippen molar-refractivity contribution in [1.82, 2.24) is 0 Å². The predicted octanol–water partition coefficient (Wildman–Crippen LogP) is 3.48. The molecule has 0 aliphatic heterocycles. The second-order valence-corrected chi connectivity index (χ2v) is 5.28. The van der Waals surface area contributed by atoms with Crippen LogP contribution < -0.4 is 5.73 Å². The number of Topliss-reactive ketones (excluding diaryl/α,β-unsaturated/α-hetero) is 1. The smallest absolute Gasteiger partial charge is 0.144 e. The van der Waals surface area contributed by atoms with Crippen LogP contribution in [0, 0.1) is 5.41 Å². The van der Waals surface area contributed by atoms with Crippen LogP contribution in [0.15, 0.2) is 18.2 Å². The molecule has 0 fully saturated rings. The molecule has 0 saturated heterocycles. The summed E-state index contributed by atoms with van der Waals surface area (Å²) in [5.74, 6) is 0.140. The number of hydrogen-bond acceptors (Lipinski definition) is 2. The monoisotopic (exact) mass is 273 g/mol. The minimum Gasteiger partial charge on any atom is -0.329 e. The Balaban J connectivity index is 2.84. The minimum atomic E-state index is -0.452. The molecule has 17 heavy (non-hydrogen) atoms. The van der Waals surface area contributed by atoms with Crippen molar-refractivity contribution in [2.24, 2.45) is 11.1 Å². The van der Waals surface area contributed by atoms with E-state index in [9.17, 15) is 4.79 Å². The molecule has 0 aliphatic carbocycles. The van der Waals surface area contributed by atoms with E-state index >= 15 is 0 Å². The third kappa shape index (κ3) is 3.44. The lowest BCUT2D eigenvalue weighted by atomic mass is 9.80. The molecule has 1 aromatic rings. The Kier molecular flexibility index (Phi) is 4.99. The van der Waals surface area contributed by atoms with Crippen LogP contribution in [0.25, 0.3) is 0 Å². The van der Waals surface area contributed by atoms with Crippen molar-refractivity contribution < 1.29 is 4.79 Å². The molecule has 0 bridgehead atoms. The van der Waals surface area contributed by atoms with E-state index in [-0.39, 0.29) is 5.78 Å². The number of carbonyl (C=O) groups is 1. The summed E-state index contributed by atoms with van der Waals surface area (Å²) in [6, 6.07) is 5.26. The van der Waals surface area contributed by atoms with Gasteiger partial charge in [-0.15, -0.1) is 0 Å². The van der Waals surface area contributed by atoms with E-state index < -0.39 is 5.41 Å². The van der Waals surface area contributed by atoms with Crippen LogP contribution in [0.5, 0.6) is 0 Å². The molecule has 0 aliphatic rings. The van der Waals surface area contributed by atoms with Crippen LogP contribution in [0.2, 0.25) is 10.0 Å². The Morgan fingerprint density at radius 1 is 1.35 bits per heavy atom. The zero-order valence-electron chi connectivity index (χ0n) is 10.1. The van der Waals surface area contributed by atoms with E-state index in [1.807, 2.05) is 19.9 Å². The highest BCUT2D eigenvalue weighted by atomic mass is 35.5.